The molecule has 6 heterocycles. The first-order valence-electron chi connectivity index (χ1n) is 18.3. The van der Waals surface area contributed by atoms with Crippen molar-refractivity contribution in [1.82, 2.24) is 15.1 Å². The number of likely N-dealkylation sites (N-methyl/N-ethyl adjacent to an activating group) is 1. The number of hydrogen-bond donors (Lipinski definition) is 3. The van der Waals surface area contributed by atoms with Crippen molar-refractivity contribution >= 4 is 35.7 Å². The fourth-order valence-electron chi connectivity index (χ4n) is 9.05. The average molecular weight is 812 g/mol. The molecule has 0 saturated carbocycles. The van der Waals surface area contributed by atoms with Crippen molar-refractivity contribution in [2.24, 2.45) is 0 Å². The first-order chi connectivity index (χ1) is 27.1. The molecular weight excluding hydrogens is 772 g/mol. The van der Waals surface area contributed by atoms with E-state index >= 15 is 0 Å². The second kappa shape index (κ2) is 14.4. The molecule has 1 amide bonds. The number of nitrogens with zero attached hydrogens (tertiary/aromatic N) is 2. The highest BCUT2D eigenvalue weighted by Crippen LogP contribution is 2.64. The van der Waals surface area contributed by atoms with Crippen molar-refractivity contribution < 1.29 is 61.5 Å². The number of aliphatic hydroxyl groups is 1. The van der Waals surface area contributed by atoms with Gasteiger partial charge in [-0.15, -0.1) is 11.8 Å². The van der Waals surface area contributed by atoms with Crippen LogP contribution in [0.15, 0.2) is 36.4 Å². The molecule has 2 unspecified atom stereocenters. The minimum Gasteiger partial charge on any atom is -0.504 e. The average Bonchev–Trinajstić information content (AvgIpc) is 3.65. The summed E-state index contributed by atoms with van der Waals surface area (Å²) in [5, 5.41) is 26.3. The van der Waals surface area contributed by atoms with Gasteiger partial charge in [-0.1, -0.05) is 18.2 Å². The zero-order valence-electron chi connectivity index (χ0n) is 31.5. The molecule has 0 spiro atoms. The van der Waals surface area contributed by atoms with Gasteiger partial charge in [0.2, 0.25) is 12.7 Å². The zero-order chi connectivity index (χ0) is 40.7. The van der Waals surface area contributed by atoms with Gasteiger partial charge < -0.3 is 39.2 Å². The number of carbonyl (C=O) groups is 3. The number of thioether (sulfide) groups is 1. The standard InChI is InChI=1S/C40H40F3N3O10S/c1-17-12-21-13-24-38(50)46-25-14-53-39(51)23(44-26(48)11-8-20-6-9-22(10-7-20)40(41,42)43)15-57-37(31(46)30(45(24)4)27(21)32(49)33(17)52-5)29-28(25)36-35(54-16-55-36)18(2)34(29)56-19(3)47/h6-12,23-25,30-31,37-38,49-50H,13-16H2,1-5H3,(H,44,48)/b11-8+/t23-,24?,25-,30-,31?,37+,38-/m0/s1. The number of rotatable bonds is 5. The Morgan fingerprint density at radius 2 is 1.77 bits per heavy atom. The highest BCUT2D eigenvalue weighted by molar-refractivity contribution is 7.99. The molecule has 4 bridgehead atoms. The Morgan fingerprint density at radius 1 is 1.05 bits per heavy atom. The van der Waals surface area contributed by atoms with Crippen molar-refractivity contribution in [3.8, 4) is 28.7 Å². The van der Waals surface area contributed by atoms with Crippen LogP contribution in [0.1, 0.15) is 68.8 Å². The van der Waals surface area contributed by atoms with Gasteiger partial charge in [-0.2, -0.15) is 13.2 Å². The number of benzene rings is 3. The molecule has 0 aromatic heterocycles. The molecule has 9 rings (SSSR count). The summed E-state index contributed by atoms with van der Waals surface area (Å²) in [7, 11) is 3.36. The maximum Gasteiger partial charge on any atom is 0.416 e. The first-order valence-corrected chi connectivity index (χ1v) is 19.3. The van der Waals surface area contributed by atoms with Gasteiger partial charge in [0.25, 0.3) is 0 Å². The van der Waals surface area contributed by atoms with Crippen LogP contribution in [0.4, 0.5) is 13.2 Å². The molecule has 3 aromatic rings. The number of aliphatic hydroxyl groups excluding tert-OH is 1. The molecule has 3 aromatic carbocycles. The summed E-state index contributed by atoms with van der Waals surface area (Å²) in [5.41, 5.74) is 3.30. The van der Waals surface area contributed by atoms with Crippen LogP contribution in [0.3, 0.4) is 0 Å². The van der Waals surface area contributed by atoms with E-state index in [-0.39, 0.29) is 30.7 Å². The van der Waals surface area contributed by atoms with Crippen molar-refractivity contribution in [2.45, 2.75) is 75.1 Å². The van der Waals surface area contributed by atoms with Gasteiger partial charge in [-0.05, 0) is 62.2 Å². The number of phenols is 1. The number of aryl methyl sites for hydroxylation is 1. The van der Waals surface area contributed by atoms with Crippen LogP contribution in [0, 0.1) is 13.8 Å². The Labute approximate surface area is 329 Å². The molecule has 302 valence electrons. The smallest absolute Gasteiger partial charge is 0.416 e. The summed E-state index contributed by atoms with van der Waals surface area (Å²) in [6.45, 7) is 4.44. The number of carbonyl (C=O) groups excluding carboxylic acids is 3. The molecule has 7 atom stereocenters. The summed E-state index contributed by atoms with van der Waals surface area (Å²) in [5.74, 6) is -0.839. The molecule has 13 nitrogen and oxygen atoms in total. The molecule has 0 aliphatic carbocycles. The molecule has 0 radical (unpaired) electrons. The quantitative estimate of drug-likeness (QED) is 0.182. The Bertz CT molecular complexity index is 2200. The van der Waals surface area contributed by atoms with Gasteiger partial charge in [-0.25, -0.2) is 4.79 Å². The van der Waals surface area contributed by atoms with E-state index < -0.39 is 71.3 Å². The van der Waals surface area contributed by atoms with Crippen LogP contribution in [0.5, 0.6) is 28.7 Å². The number of piperazine rings is 1. The van der Waals surface area contributed by atoms with Gasteiger partial charge >= 0.3 is 18.1 Å². The lowest BCUT2D eigenvalue weighted by Gasteiger charge is -2.62. The zero-order valence-corrected chi connectivity index (χ0v) is 32.3. The normalized spacial score (nSPS) is 26.6. The Kier molecular flexibility index (Phi) is 9.85. The van der Waals surface area contributed by atoms with E-state index in [0.717, 1.165) is 29.3 Å². The first kappa shape index (κ1) is 38.9. The molecule has 3 N–H and O–H groups in total. The second-order valence-electron chi connectivity index (χ2n) is 14.7. The van der Waals surface area contributed by atoms with E-state index in [4.69, 9.17) is 23.7 Å². The third kappa shape index (κ3) is 6.44. The minimum atomic E-state index is -4.51. The van der Waals surface area contributed by atoms with E-state index in [1.165, 1.54) is 44.0 Å². The molecule has 57 heavy (non-hydrogen) atoms. The number of aromatic hydroxyl groups is 1. The molecular formula is C40H40F3N3O10S. The van der Waals surface area contributed by atoms with Gasteiger partial charge in [0, 0.05) is 47.0 Å². The predicted octanol–water partition coefficient (Wildman–Crippen LogP) is 4.87. The van der Waals surface area contributed by atoms with Crippen LogP contribution in [-0.2, 0) is 31.7 Å². The van der Waals surface area contributed by atoms with E-state index in [9.17, 15) is 37.8 Å². The van der Waals surface area contributed by atoms with Crippen molar-refractivity contribution in [2.75, 3.05) is 33.3 Å². The Hall–Kier alpha value is -4.97. The fraction of sp³-hybridized carbons (Fsp3) is 0.425. The van der Waals surface area contributed by atoms with Crippen LogP contribution in [-0.4, -0.2) is 95.5 Å². The number of alkyl halides is 3. The summed E-state index contributed by atoms with van der Waals surface area (Å²) in [4.78, 5) is 43.8. The van der Waals surface area contributed by atoms with Crippen LogP contribution in [0.2, 0.25) is 0 Å². The molecule has 6 aliphatic heterocycles. The van der Waals surface area contributed by atoms with Gasteiger partial charge in [-0.3, -0.25) is 19.4 Å². The number of amides is 1. The SMILES string of the molecule is COc1c(C)cc2c(c1O)[C@H]1C3[C@@H]4SC[C@H](NC(=O)/C=C/c5ccc(C(F)(F)F)cc5)C(=O)OC[C@@H](c5c6c(c(C)c(OC(C)=O)c54)OCO6)N3[C@@H](O)C(C2)N1C. The molecule has 2 saturated heterocycles. The highest BCUT2D eigenvalue weighted by Gasteiger charge is 2.60. The highest BCUT2D eigenvalue weighted by atomic mass is 32.2. The Morgan fingerprint density at radius 3 is 2.46 bits per heavy atom. The largest absolute Gasteiger partial charge is 0.504 e. The maximum absolute atomic E-state index is 13.8. The summed E-state index contributed by atoms with van der Waals surface area (Å²) >= 11 is 1.27. The van der Waals surface area contributed by atoms with Crippen LogP contribution >= 0.6 is 11.8 Å². The number of ether oxygens (including phenoxy) is 5. The number of fused-ring (bicyclic) bond motifs is 10. The number of phenolic OH excluding ortho intramolecular Hbond substituents is 1. The fourth-order valence-corrected chi connectivity index (χ4v) is 10.6. The third-order valence-corrected chi connectivity index (χ3v) is 12.9. The van der Waals surface area contributed by atoms with Crippen LogP contribution in [0.25, 0.3) is 6.08 Å². The van der Waals surface area contributed by atoms with Gasteiger partial charge in [0.1, 0.15) is 24.6 Å². The van der Waals surface area contributed by atoms with Gasteiger partial charge in [0.05, 0.1) is 36.0 Å². The third-order valence-electron chi connectivity index (χ3n) is 11.5. The molecule has 17 heteroatoms. The van der Waals surface area contributed by atoms with E-state index in [0.29, 0.717) is 51.5 Å². The summed E-state index contributed by atoms with van der Waals surface area (Å²) < 4.78 is 68.8. The maximum atomic E-state index is 13.8. The number of hydrogen-bond acceptors (Lipinski definition) is 13. The summed E-state index contributed by atoms with van der Waals surface area (Å²) in [6, 6.07) is 2.47. The van der Waals surface area contributed by atoms with E-state index in [1.54, 1.807) is 6.92 Å². The minimum absolute atomic E-state index is 0.0317. The van der Waals surface area contributed by atoms with E-state index in [1.807, 2.05) is 29.8 Å². The van der Waals surface area contributed by atoms with Gasteiger partial charge in [0.15, 0.2) is 23.0 Å². The monoisotopic (exact) mass is 811 g/mol. The number of nitrogens with one attached hydrogen (secondary N) is 1. The molecule has 6 aliphatic rings. The molecule has 2 fully saturated rings. The summed E-state index contributed by atoms with van der Waals surface area (Å²) in [6.07, 6.45) is -2.78. The lowest BCUT2D eigenvalue weighted by Crippen LogP contribution is -2.69. The lowest BCUT2D eigenvalue weighted by atomic mass is 9.73. The predicted molar refractivity (Wildman–Crippen MR) is 199 cm³/mol. The number of methoxy groups -OCH3 is 1. The van der Waals surface area contributed by atoms with Crippen molar-refractivity contribution in [1.29, 1.82) is 0 Å². The number of esters is 2. The topological polar surface area (TPSA) is 156 Å². The van der Waals surface area contributed by atoms with Crippen molar-refractivity contribution in [3.05, 3.63) is 80.9 Å². The number of halogens is 3. The van der Waals surface area contributed by atoms with Crippen LogP contribution < -0.4 is 24.3 Å². The Balaban J connectivity index is 1.24. The second-order valence-corrected chi connectivity index (χ2v) is 15.9. The van der Waals surface area contributed by atoms with E-state index in [2.05, 4.69) is 5.32 Å². The van der Waals surface area contributed by atoms with Crippen molar-refractivity contribution in [3.63, 3.8) is 0 Å². The lowest BCUT2D eigenvalue weighted by molar-refractivity contribution is -0.184.